The Labute approximate surface area is 113 Å². The van der Waals surface area contributed by atoms with Crippen molar-refractivity contribution >= 4 is 23.8 Å². The molecule has 0 radical (unpaired) electrons. The first-order valence-electron chi connectivity index (χ1n) is 5.86. The summed E-state index contributed by atoms with van der Waals surface area (Å²) in [6.07, 6.45) is 1.97. The minimum Gasteiger partial charge on any atom is -0.480 e. The lowest BCUT2D eigenvalue weighted by Gasteiger charge is -2.31. The van der Waals surface area contributed by atoms with Crippen molar-refractivity contribution in [3.8, 4) is 0 Å². The fraction of sp³-hybridized carbons (Fsp3) is 0.833. The van der Waals surface area contributed by atoms with E-state index in [1.807, 2.05) is 13.2 Å². The van der Waals surface area contributed by atoms with Crippen molar-refractivity contribution in [2.75, 3.05) is 19.1 Å². The van der Waals surface area contributed by atoms with Crippen molar-refractivity contribution in [3.05, 3.63) is 0 Å². The summed E-state index contributed by atoms with van der Waals surface area (Å²) in [5.74, 6) is -0.196. The molecule has 0 aromatic rings. The van der Waals surface area contributed by atoms with Crippen LogP contribution in [0.3, 0.4) is 0 Å². The second-order valence-corrected chi connectivity index (χ2v) is 6.41. The third kappa shape index (κ3) is 5.16. The lowest BCUT2D eigenvalue weighted by Crippen LogP contribution is -2.54. The molecule has 0 fully saturated rings. The number of carboxylic acids is 1. The summed E-state index contributed by atoms with van der Waals surface area (Å²) in [6, 6.07) is -1.18. The van der Waals surface area contributed by atoms with E-state index in [9.17, 15) is 9.59 Å². The van der Waals surface area contributed by atoms with Crippen LogP contribution in [0.2, 0.25) is 0 Å². The van der Waals surface area contributed by atoms with E-state index >= 15 is 0 Å². The summed E-state index contributed by atoms with van der Waals surface area (Å²) in [6.45, 7) is 7.30. The fourth-order valence-electron chi connectivity index (χ4n) is 1.43. The van der Waals surface area contributed by atoms with Gasteiger partial charge in [-0.25, -0.2) is 9.59 Å². The molecule has 0 saturated heterocycles. The molecule has 0 spiro atoms. The smallest absolute Gasteiger partial charge is 0.326 e. The lowest BCUT2D eigenvalue weighted by molar-refractivity contribution is -0.142. The van der Waals surface area contributed by atoms with E-state index in [4.69, 9.17) is 5.11 Å². The number of rotatable bonds is 5. The molecule has 5 nitrogen and oxygen atoms in total. The van der Waals surface area contributed by atoms with Gasteiger partial charge in [-0.2, -0.15) is 11.8 Å². The van der Waals surface area contributed by atoms with Crippen LogP contribution in [0.4, 0.5) is 4.79 Å². The average Bonchev–Trinajstić information content (AvgIpc) is 2.22. The van der Waals surface area contributed by atoms with Crippen LogP contribution in [0, 0.1) is 5.41 Å². The highest BCUT2D eigenvalue weighted by atomic mass is 32.2. The van der Waals surface area contributed by atoms with Gasteiger partial charge >= 0.3 is 12.0 Å². The standard InChI is InChI=1S/C12H24N2O3S/c1-8(7-18-6)14(5)11(17)13-9(10(15)16)12(2,3)4/h8-9H,7H2,1-6H3,(H,13,17)(H,15,16)/t8?,9-/m0/s1. The van der Waals surface area contributed by atoms with Gasteiger partial charge in [0.25, 0.3) is 0 Å². The van der Waals surface area contributed by atoms with Gasteiger partial charge in [-0.15, -0.1) is 0 Å². The third-order valence-electron chi connectivity index (χ3n) is 2.77. The highest BCUT2D eigenvalue weighted by molar-refractivity contribution is 7.98. The van der Waals surface area contributed by atoms with Gasteiger partial charge in [-0.1, -0.05) is 20.8 Å². The largest absolute Gasteiger partial charge is 0.480 e. The topological polar surface area (TPSA) is 69.6 Å². The molecule has 0 aromatic heterocycles. The number of carbonyl (C=O) groups excluding carboxylic acids is 1. The van der Waals surface area contributed by atoms with Gasteiger partial charge in [0.05, 0.1) is 0 Å². The maximum absolute atomic E-state index is 12.0. The summed E-state index contributed by atoms with van der Waals surface area (Å²) in [7, 11) is 1.68. The quantitative estimate of drug-likeness (QED) is 0.804. The zero-order chi connectivity index (χ0) is 14.5. The lowest BCUT2D eigenvalue weighted by atomic mass is 9.87. The summed E-state index contributed by atoms with van der Waals surface area (Å²) in [4.78, 5) is 24.7. The highest BCUT2D eigenvalue weighted by Crippen LogP contribution is 2.19. The van der Waals surface area contributed by atoms with Crippen LogP contribution in [0.25, 0.3) is 0 Å². The van der Waals surface area contributed by atoms with Crippen LogP contribution >= 0.6 is 11.8 Å². The Morgan fingerprint density at radius 1 is 1.39 bits per heavy atom. The molecule has 2 N–H and O–H groups in total. The highest BCUT2D eigenvalue weighted by Gasteiger charge is 2.33. The number of hydrogen-bond acceptors (Lipinski definition) is 3. The number of nitrogens with zero attached hydrogens (tertiary/aromatic N) is 1. The first-order chi connectivity index (χ1) is 8.11. The van der Waals surface area contributed by atoms with E-state index in [1.54, 1.807) is 39.6 Å². The molecule has 0 aliphatic rings. The van der Waals surface area contributed by atoms with Gasteiger partial charge in [-0.05, 0) is 18.6 Å². The molecule has 0 rings (SSSR count). The summed E-state index contributed by atoms with van der Waals surface area (Å²) < 4.78 is 0. The van der Waals surface area contributed by atoms with Crippen molar-refractivity contribution in [1.82, 2.24) is 10.2 Å². The molecule has 0 saturated carbocycles. The van der Waals surface area contributed by atoms with E-state index in [-0.39, 0.29) is 12.1 Å². The normalized spacial score (nSPS) is 14.8. The van der Waals surface area contributed by atoms with Crippen molar-refractivity contribution in [2.24, 2.45) is 5.41 Å². The minimum atomic E-state index is -1.01. The molecule has 2 amide bonds. The van der Waals surface area contributed by atoms with Crippen LogP contribution in [0.15, 0.2) is 0 Å². The van der Waals surface area contributed by atoms with E-state index in [1.165, 1.54) is 4.90 Å². The molecule has 1 unspecified atom stereocenters. The SMILES string of the molecule is CSCC(C)N(C)C(=O)N[C@@H](C(=O)O)C(C)(C)C. The Morgan fingerprint density at radius 3 is 2.22 bits per heavy atom. The molecule has 2 atom stereocenters. The number of carbonyl (C=O) groups is 2. The van der Waals surface area contributed by atoms with Crippen molar-refractivity contribution in [2.45, 2.75) is 39.8 Å². The van der Waals surface area contributed by atoms with Crippen LogP contribution in [-0.4, -0.2) is 53.1 Å². The van der Waals surface area contributed by atoms with Gasteiger partial charge in [0.1, 0.15) is 6.04 Å². The second-order valence-electron chi connectivity index (χ2n) is 5.50. The molecule has 0 heterocycles. The molecular weight excluding hydrogens is 252 g/mol. The zero-order valence-electron chi connectivity index (χ0n) is 12.0. The van der Waals surface area contributed by atoms with Crippen LogP contribution in [0.1, 0.15) is 27.7 Å². The van der Waals surface area contributed by atoms with Crippen LogP contribution < -0.4 is 5.32 Å². The second kappa shape index (κ2) is 6.87. The van der Waals surface area contributed by atoms with E-state index in [0.29, 0.717) is 0 Å². The first-order valence-corrected chi connectivity index (χ1v) is 7.25. The van der Waals surface area contributed by atoms with Crippen LogP contribution in [-0.2, 0) is 4.79 Å². The number of urea groups is 1. The Bertz CT molecular complexity index is 302. The molecule has 0 aromatic carbocycles. The third-order valence-corrected chi connectivity index (χ3v) is 3.59. The Kier molecular flexibility index (Phi) is 6.52. The maximum Gasteiger partial charge on any atom is 0.326 e. The molecule has 0 aliphatic heterocycles. The number of amides is 2. The van der Waals surface area contributed by atoms with E-state index in [0.717, 1.165) is 5.75 Å². The monoisotopic (exact) mass is 276 g/mol. The number of thioether (sulfide) groups is 1. The van der Waals surface area contributed by atoms with Gasteiger partial charge in [0.15, 0.2) is 0 Å². The number of hydrogen-bond donors (Lipinski definition) is 2. The first kappa shape index (κ1) is 17.1. The Balaban J connectivity index is 4.66. The van der Waals surface area contributed by atoms with Gasteiger partial charge in [0, 0.05) is 18.8 Å². The summed E-state index contributed by atoms with van der Waals surface area (Å²) >= 11 is 1.65. The number of carboxylic acid groups (broad SMARTS) is 1. The van der Waals surface area contributed by atoms with E-state index in [2.05, 4.69) is 5.32 Å². The predicted octanol–water partition coefficient (Wildman–Crippen LogP) is 1.88. The average molecular weight is 276 g/mol. The van der Waals surface area contributed by atoms with E-state index < -0.39 is 17.4 Å². The fourth-order valence-corrected chi connectivity index (χ4v) is 2.13. The summed E-state index contributed by atoms with van der Waals surface area (Å²) in [5.41, 5.74) is -0.523. The van der Waals surface area contributed by atoms with Crippen molar-refractivity contribution in [3.63, 3.8) is 0 Å². The van der Waals surface area contributed by atoms with Crippen molar-refractivity contribution < 1.29 is 14.7 Å². The molecular formula is C12H24N2O3S. The molecule has 0 bridgehead atoms. The minimum absolute atomic E-state index is 0.0643. The Morgan fingerprint density at radius 2 is 1.89 bits per heavy atom. The maximum atomic E-state index is 12.0. The molecule has 18 heavy (non-hydrogen) atoms. The summed E-state index contributed by atoms with van der Waals surface area (Å²) in [5, 5.41) is 11.7. The van der Waals surface area contributed by atoms with Crippen molar-refractivity contribution in [1.29, 1.82) is 0 Å². The van der Waals surface area contributed by atoms with Gasteiger partial charge in [0.2, 0.25) is 0 Å². The molecule has 106 valence electrons. The number of aliphatic carboxylic acids is 1. The molecule has 6 heteroatoms. The zero-order valence-corrected chi connectivity index (χ0v) is 12.8. The molecule has 0 aliphatic carbocycles. The number of nitrogens with one attached hydrogen (secondary N) is 1. The Hall–Kier alpha value is -0.910. The van der Waals surface area contributed by atoms with Gasteiger partial charge in [-0.3, -0.25) is 0 Å². The van der Waals surface area contributed by atoms with Gasteiger partial charge < -0.3 is 15.3 Å². The predicted molar refractivity (Wildman–Crippen MR) is 75.0 cm³/mol. The van der Waals surface area contributed by atoms with Crippen LogP contribution in [0.5, 0.6) is 0 Å².